The molecule has 1 aromatic heterocycles. The van der Waals surface area contributed by atoms with Gasteiger partial charge >= 0.3 is 0 Å². The van der Waals surface area contributed by atoms with Crippen LogP contribution < -0.4 is 0 Å². The van der Waals surface area contributed by atoms with Crippen LogP contribution in [0.25, 0.3) is 16.6 Å². The summed E-state index contributed by atoms with van der Waals surface area (Å²) in [6, 6.07) is 25.1. The maximum absolute atomic E-state index is 3.36. The van der Waals surface area contributed by atoms with Crippen LogP contribution in [0, 0.1) is 25.7 Å². The average molecular weight is 321 g/mol. The second kappa shape index (κ2) is 6.34. The van der Waals surface area contributed by atoms with Crippen molar-refractivity contribution in [1.82, 2.24) is 4.57 Å². The first-order valence-corrected chi connectivity index (χ1v) is 8.47. The van der Waals surface area contributed by atoms with Crippen molar-refractivity contribution >= 4 is 10.9 Å². The highest BCUT2D eigenvalue weighted by atomic mass is 15.0. The fourth-order valence-electron chi connectivity index (χ4n) is 3.20. The Hall–Kier alpha value is -3.24. The largest absolute Gasteiger partial charge is 0.315 e. The van der Waals surface area contributed by atoms with Crippen LogP contribution in [0.1, 0.15) is 22.3 Å². The normalized spacial score (nSPS) is 10.5. The number of hydrogen-bond acceptors (Lipinski definition) is 0. The van der Waals surface area contributed by atoms with Gasteiger partial charge < -0.3 is 4.57 Å². The molecule has 0 N–H and O–H groups in total. The monoisotopic (exact) mass is 321 g/mol. The number of fused-ring (bicyclic) bond motifs is 1. The molecule has 4 rings (SSSR count). The van der Waals surface area contributed by atoms with Crippen molar-refractivity contribution in [3.63, 3.8) is 0 Å². The van der Waals surface area contributed by atoms with Gasteiger partial charge in [-0.05, 0) is 55.3 Å². The topological polar surface area (TPSA) is 4.93 Å². The van der Waals surface area contributed by atoms with Crippen LogP contribution in [0.4, 0.5) is 0 Å². The van der Waals surface area contributed by atoms with Gasteiger partial charge in [0.05, 0.1) is 11.2 Å². The first-order chi connectivity index (χ1) is 12.2. The van der Waals surface area contributed by atoms with Gasteiger partial charge in [-0.1, -0.05) is 54.3 Å². The van der Waals surface area contributed by atoms with E-state index >= 15 is 0 Å². The van der Waals surface area contributed by atoms with Crippen molar-refractivity contribution in [2.24, 2.45) is 0 Å². The van der Waals surface area contributed by atoms with E-state index in [0.717, 1.165) is 16.8 Å². The minimum absolute atomic E-state index is 1.03. The van der Waals surface area contributed by atoms with E-state index < -0.39 is 0 Å². The first-order valence-electron chi connectivity index (χ1n) is 8.47. The SMILES string of the molecule is Cc1cccc(C#Cc2ccccc2-n2cc(C)c3ccccc32)c1. The molecule has 1 nitrogen and oxygen atoms in total. The molecule has 3 aromatic carbocycles. The Morgan fingerprint density at radius 3 is 2.44 bits per heavy atom. The van der Waals surface area contributed by atoms with E-state index in [1.807, 2.05) is 12.1 Å². The third-order valence-corrected chi connectivity index (χ3v) is 4.43. The first kappa shape index (κ1) is 15.3. The number of aryl methyl sites for hydroxylation is 2. The zero-order valence-electron chi connectivity index (χ0n) is 14.5. The Kier molecular flexibility index (Phi) is 3.88. The van der Waals surface area contributed by atoms with Gasteiger partial charge in [0.1, 0.15) is 0 Å². The van der Waals surface area contributed by atoms with Crippen LogP contribution in [-0.4, -0.2) is 4.57 Å². The van der Waals surface area contributed by atoms with Gasteiger partial charge in [-0.2, -0.15) is 0 Å². The molecule has 0 saturated heterocycles. The number of aromatic nitrogens is 1. The highest BCUT2D eigenvalue weighted by Gasteiger charge is 2.08. The molecular formula is C24H19N. The molecule has 4 aromatic rings. The molecule has 25 heavy (non-hydrogen) atoms. The van der Waals surface area contributed by atoms with Crippen molar-refractivity contribution < 1.29 is 0 Å². The molecule has 1 heteroatoms. The van der Waals surface area contributed by atoms with Gasteiger partial charge in [0.15, 0.2) is 0 Å². The summed E-state index contributed by atoms with van der Waals surface area (Å²) < 4.78 is 2.24. The van der Waals surface area contributed by atoms with Crippen LogP contribution in [-0.2, 0) is 0 Å². The molecule has 0 bridgehead atoms. The molecular weight excluding hydrogens is 302 g/mol. The van der Waals surface area contributed by atoms with E-state index in [-0.39, 0.29) is 0 Å². The second-order valence-electron chi connectivity index (χ2n) is 6.34. The van der Waals surface area contributed by atoms with Crippen LogP contribution in [0.3, 0.4) is 0 Å². The zero-order chi connectivity index (χ0) is 17.2. The standard InChI is InChI=1S/C24H19N/c1-18-8-7-9-20(16-18)14-15-21-10-3-5-12-23(21)25-17-19(2)22-11-4-6-13-24(22)25/h3-13,16-17H,1-2H3. The predicted octanol–water partition coefficient (Wildman–Crippen LogP) is 5.65. The van der Waals surface area contributed by atoms with Gasteiger partial charge in [-0.15, -0.1) is 0 Å². The Bertz CT molecular complexity index is 1120. The Morgan fingerprint density at radius 2 is 1.56 bits per heavy atom. The van der Waals surface area contributed by atoms with E-state index in [2.05, 4.69) is 97.1 Å². The summed E-state index contributed by atoms with van der Waals surface area (Å²) in [5.74, 6) is 6.66. The fourth-order valence-corrected chi connectivity index (χ4v) is 3.20. The van der Waals surface area contributed by atoms with Crippen LogP contribution in [0.5, 0.6) is 0 Å². The zero-order valence-corrected chi connectivity index (χ0v) is 14.5. The van der Waals surface area contributed by atoms with Crippen molar-refractivity contribution in [2.75, 3.05) is 0 Å². The van der Waals surface area contributed by atoms with Crippen molar-refractivity contribution in [3.8, 4) is 17.5 Å². The third kappa shape index (κ3) is 2.95. The predicted molar refractivity (Wildman–Crippen MR) is 105 cm³/mol. The quantitative estimate of drug-likeness (QED) is 0.399. The van der Waals surface area contributed by atoms with Crippen LogP contribution in [0.2, 0.25) is 0 Å². The molecule has 0 fully saturated rings. The summed E-state index contributed by atoms with van der Waals surface area (Å²) in [5.41, 5.74) is 6.91. The Morgan fingerprint density at radius 1 is 0.760 bits per heavy atom. The lowest BCUT2D eigenvalue weighted by molar-refractivity contribution is 1.11. The number of para-hydroxylation sites is 2. The van der Waals surface area contributed by atoms with Gasteiger partial charge in [0, 0.05) is 22.7 Å². The minimum atomic E-state index is 1.03. The fraction of sp³-hybridized carbons (Fsp3) is 0.0833. The Labute approximate surface area is 148 Å². The van der Waals surface area contributed by atoms with E-state index in [4.69, 9.17) is 0 Å². The number of hydrogen-bond donors (Lipinski definition) is 0. The minimum Gasteiger partial charge on any atom is -0.315 e. The maximum atomic E-state index is 3.36. The lowest BCUT2D eigenvalue weighted by atomic mass is 10.1. The Balaban J connectivity index is 1.85. The summed E-state index contributed by atoms with van der Waals surface area (Å²) in [4.78, 5) is 0. The van der Waals surface area contributed by atoms with Gasteiger partial charge in [0.25, 0.3) is 0 Å². The molecule has 0 amide bonds. The molecule has 0 aliphatic rings. The van der Waals surface area contributed by atoms with E-state index in [0.29, 0.717) is 0 Å². The summed E-state index contributed by atoms with van der Waals surface area (Å²) in [6.07, 6.45) is 2.19. The lowest BCUT2D eigenvalue weighted by Gasteiger charge is -2.08. The van der Waals surface area contributed by atoms with E-state index in [1.165, 1.54) is 22.0 Å². The summed E-state index contributed by atoms with van der Waals surface area (Å²) in [6.45, 7) is 4.24. The second-order valence-corrected chi connectivity index (χ2v) is 6.34. The third-order valence-electron chi connectivity index (χ3n) is 4.43. The van der Waals surface area contributed by atoms with Gasteiger partial charge in [0.2, 0.25) is 0 Å². The number of rotatable bonds is 1. The molecule has 0 aliphatic heterocycles. The van der Waals surface area contributed by atoms with Gasteiger partial charge in [-0.3, -0.25) is 0 Å². The van der Waals surface area contributed by atoms with Crippen molar-refractivity contribution in [2.45, 2.75) is 13.8 Å². The van der Waals surface area contributed by atoms with Crippen LogP contribution in [0.15, 0.2) is 79.0 Å². The highest BCUT2D eigenvalue weighted by molar-refractivity contribution is 5.85. The molecule has 0 saturated carbocycles. The summed E-state index contributed by atoms with van der Waals surface area (Å²) in [7, 11) is 0. The molecule has 0 unspecified atom stereocenters. The summed E-state index contributed by atoms with van der Waals surface area (Å²) in [5, 5.41) is 1.28. The van der Waals surface area contributed by atoms with E-state index in [9.17, 15) is 0 Å². The average Bonchev–Trinajstić information content (AvgIpc) is 2.97. The highest BCUT2D eigenvalue weighted by Crippen LogP contribution is 2.25. The molecule has 120 valence electrons. The molecule has 1 heterocycles. The van der Waals surface area contributed by atoms with Crippen molar-refractivity contribution in [1.29, 1.82) is 0 Å². The molecule has 0 spiro atoms. The van der Waals surface area contributed by atoms with E-state index in [1.54, 1.807) is 0 Å². The maximum Gasteiger partial charge on any atom is 0.0612 e. The lowest BCUT2D eigenvalue weighted by Crippen LogP contribution is -1.95. The number of benzene rings is 3. The summed E-state index contributed by atoms with van der Waals surface area (Å²) >= 11 is 0. The molecule has 0 radical (unpaired) electrons. The molecule has 0 atom stereocenters. The smallest absolute Gasteiger partial charge is 0.0612 e. The van der Waals surface area contributed by atoms with Crippen LogP contribution >= 0.6 is 0 Å². The van der Waals surface area contributed by atoms with Crippen molar-refractivity contribution in [3.05, 3.63) is 101 Å². The molecule has 0 aliphatic carbocycles. The van der Waals surface area contributed by atoms with Gasteiger partial charge in [-0.25, -0.2) is 0 Å². The number of nitrogens with zero attached hydrogens (tertiary/aromatic N) is 1.